The van der Waals surface area contributed by atoms with Crippen molar-refractivity contribution in [2.24, 2.45) is 5.73 Å². The van der Waals surface area contributed by atoms with E-state index in [4.69, 9.17) is 10.5 Å². The number of carbonyl (C=O) groups is 1. The van der Waals surface area contributed by atoms with Crippen LogP contribution in [0.25, 0.3) is 0 Å². The molecule has 2 N–H and O–H groups in total. The van der Waals surface area contributed by atoms with Gasteiger partial charge in [-0.05, 0) is 25.1 Å². The fourth-order valence-electron chi connectivity index (χ4n) is 1.77. The number of ether oxygens (including phenoxy) is 1. The van der Waals surface area contributed by atoms with Crippen molar-refractivity contribution in [3.8, 4) is 5.75 Å². The molecule has 0 saturated heterocycles. The molecule has 0 aliphatic heterocycles. The summed E-state index contributed by atoms with van der Waals surface area (Å²) >= 11 is 0. The molecule has 0 aliphatic rings. The van der Waals surface area contributed by atoms with Gasteiger partial charge in [0.25, 0.3) is 5.91 Å². The molecule has 1 aromatic rings. The molecule has 0 aromatic heterocycles. The number of likely N-dealkylation sites (N-methyl/N-ethyl adjacent to an activating group) is 1. The summed E-state index contributed by atoms with van der Waals surface area (Å²) in [4.78, 5) is 13.9. The molecule has 0 bridgehead atoms. The van der Waals surface area contributed by atoms with Crippen LogP contribution >= 0.6 is 0 Å². The molecule has 1 unspecified atom stereocenters. The molecule has 0 radical (unpaired) electrons. The maximum atomic E-state index is 12.4. The Balaban J connectivity index is 3.35. The summed E-state index contributed by atoms with van der Waals surface area (Å²) < 4.78 is 30.9. The minimum atomic E-state index is -3.71. The number of benzene rings is 1. The molecule has 8 heteroatoms. The minimum Gasteiger partial charge on any atom is -0.495 e. The summed E-state index contributed by atoms with van der Waals surface area (Å²) in [7, 11) is 2.14. The molecule has 0 aliphatic carbocycles. The predicted octanol–water partition coefficient (Wildman–Crippen LogP) is 0.365. The molecular weight excluding hydrogens is 306 g/mol. The number of carbonyl (C=O) groups excluding carboxylic acids is 1. The number of methoxy groups -OCH3 is 1. The van der Waals surface area contributed by atoms with E-state index in [1.165, 1.54) is 44.3 Å². The molecule has 22 heavy (non-hydrogen) atoms. The van der Waals surface area contributed by atoms with Crippen LogP contribution in [0.2, 0.25) is 0 Å². The van der Waals surface area contributed by atoms with E-state index in [1.54, 1.807) is 7.05 Å². The smallest absolute Gasteiger partial charge is 0.253 e. The molecule has 7 nitrogen and oxygen atoms in total. The molecule has 124 valence electrons. The van der Waals surface area contributed by atoms with Crippen molar-refractivity contribution in [1.82, 2.24) is 9.21 Å². The Bertz CT molecular complexity index is 643. The molecule has 0 saturated carbocycles. The first-order valence-corrected chi connectivity index (χ1v) is 8.18. The van der Waals surface area contributed by atoms with E-state index in [2.05, 4.69) is 0 Å². The molecule has 1 amide bonds. The van der Waals surface area contributed by atoms with Crippen LogP contribution in [-0.2, 0) is 10.0 Å². The van der Waals surface area contributed by atoms with Crippen LogP contribution < -0.4 is 10.5 Å². The third-order valence-corrected chi connectivity index (χ3v) is 5.33. The Labute approximate surface area is 131 Å². The molecule has 0 fully saturated rings. The van der Waals surface area contributed by atoms with Crippen LogP contribution in [0, 0.1) is 0 Å². The number of nitrogens with zero attached hydrogens (tertiary/aromatic N) is 2. The second-order valence-corrected chi connectivity index (χ2v) is 7.27. The number of nitrogens with two attached hydrogens (primary N) is 1. The van der Waals surface area contributed by atoms with Gasteiger partial charge in [0.05, 0.1) is 7.11 Å². The number of hydrogen-bond acceptors (Lipinski definition) is 5. The fourth-order valence-corrected chi connectivity index (χ4v) is 2.84. The fraction of sp³-hybridized carbons (Fsp3) is 0.500. The third kappa shape index (κ3) is 3.57. The highest BCUT2D eigenvalue weighted by Gasteiger charge is 2.25. The number of rotatable bonds is 6. The zero-order valence-electron chi connectivity index (χ0n) is 13.5. The summed E-state index contributed by atoms with van der Waals surface area (Å²) in [6.45, 7) is 2.14. The van der Waals surface area contributed by atoms with E-state index >= 15 is 0 Å². The van der Waals surface area contributed by atoms with E-state index in [-0.39, 0.29) is 28.2 Å². The lowest BCUT2D eigenvalue weighted by Gasteiger charge is -2.24. The van der Waals surface area contributed by atoms with Gasteiger partial charge in [-0.15, -0.1) is 0 Å². The highest BCUT2D eigenvalue weighted by molar-refractivity contribution is 7.89. The number of hydrogen-bond donors (Lipinski definition) is 1. The third-order valence-electron chi connectivity index (χ3n) is 3.49. The molecule has 1 rings (SSSR count). The molecule has 1 aromatic carbocycles. The minimum absolute atomic E-state index is 0.0420. The molecule has 0 heterocycles. The summed E-state index contributed by atoms with van der Waals surface area (Å²) in [6.07, 6.45) is 0. The Morgan fingerprint density at radius 1 is 1.32 bits per heavy atom. The van der Waals surface area contributed by atoms with E-state index < -0.39 is 10.0 Å². The summed E-state index contributed by atoms with van der Waals surface area (Å²) in [5.41, 5.74) is 5.82. The van der Waals surface area contributed by atoms with Gasteiger partial charge in [0.1, 0.15) is 10.6 Å². The van der Waals surface area contributed by atoms with Gasteiger partial charge in [-0.2, -0.15) is 0 Å². The van der Waals surface area contributed by atoms with Crippen LogP contribution in [-0.4, -0.2) is 64.4 Å². The van der Waals surface area contributed by atoms with Crippen LogP contribution in [0.1, 0.15) is 17.3 Å². The van der Waals surface area contributed by atoms with Crippen LogP contribution in [0.4, 0.5) is 0 Å². The normalized spacial score (nSPS) is 13.0. The van der Waals surface area contributed by atoms with E-state index in [1.807, 2.05) is 6.92 Å². The first kappa shape index (κ1) is 18.4. The van der Waals surface area contributed by atoms with Gasteiger partial charge in [0.15, 0.2) is 0 Å². The van der Waals surface area contributed by atoms with Crippen LogP contribution in [0.3, 0.4) is 0 Å². The number of sulfonamides is 1. The first-order chi connectivity index (χ1) is 10.2. The van der Waals surface area contributed by atoms with Crippen molar-refractivity contribution < 1.29 is 17.9 Å². The number of amides is 1. The highest BCUT2D eigenvalue weighted by atomic mass is 32.2. The lowest BCUT2D eigenvalue weighted by atomic mass is 10.1. The zero-order chi connectivity index (χ0) is 17.1. The van der Waals surface area contributed by atoms with Gasteiger partial charge in [-0.25, -0.2) is 12.7 Å². The summed E-state index contributed by atoms with van der Waals surface area (Å²) in [5.74, 6) is -0.101. The van der Waals surface area contributed by atoms with E-state index in [0.717, 1.165) is 4.31 Å². The van der Waals surface area contributed by atoms with Crippen molar-refractivity contribution in [3.63, 3.8) is 0 Å². The Morgan fingerprint density at radius 2 is 1.91 bits per heavy atom. The highest BCUT2D eigenvalue weighted by Crippen LogP contribution is 2.27. The van der Waals surface area contributed by atoms with Gasteiger partial charge in [-0.1, -0.05) is 0 Å². The standard InChI is InChI=1S/C14H23N3O4S/c1-10(9-15)17(4)14(18)11-6-7-12(21-5)13(8-11)22(19,20)16(2)3/h6-8,10H,9,15H2,1-5H3. The maximum absolute atomic E-state index is 12.4. The Kier molecular flexibility index (Phi) is 5.92. The lowest BCUT2D eigenvalue weighted by Crippen LogP contribution is -2.39. The quantitative estimate of drug-likeness (QED) is 0.814. The van der Waals surface area contributed by atoms with E-state index in [0.29, 0.717) is 6.54 Å². The van der Waals surface area contributed by atoms with Gasteiger partial charge in [0.2, 0.25) is 10.0 Å². The Morgan fingerprint density at radius 3 is 2.36 bits per heavy atom. The molecule has 0 spiro atoms. The largest absolute Gasteiger partial charge is 0.495 e. The van der Waals surface area contributed by atoms with Crippen molar-refractivity contribution >= 4 is 15.9 Å². The monoisotopic (exact) mass is 329 g/mol. The van der Waals surface area contributed by atoms with E-state index in [9.17, 15) is 13.2 Å². The van der Waals surface area contributed by atoms with Crippen LogP contribution in [0.5, 0.6) is 5.75 Å². The van der Waals surface area contributed by atoms with Crippen molar-refractivity contribution in [1.29, 1.82) is 0 Å². The topological polar surface area (TPSA) is 92.9 Å². The van der Waals surface area contributed by atoms with Gasteiger partial charge < -0.3 is 15.4 Å². The zero-order valence-corrected chi connectivity index (χ0v) is 14.3. The molecule has 1 atom stereocenters. The average molecular weight is 329 g/mol. The van der Waals surface area contributed by atoms with Crippen molar-refractivity contribution in [3.05, 3.63) is 23.8 Å². The average Bonchev–Trinajstić information content (AvgIpc) is 2.51. The van der Waals surface area contributed by atoms with Crippen molar-refractivity contribution in [2.75, 3.05) is 34.8 Å². The summed E-state index contributed by atoms with van der Waals surface area (Å²) in [6, 6.07) is 4.19. The van der Waals surface area contributed by atoms with Gasteiger partial charge in [0, 0.05) is 39.3 Å². The second kappa shape index (κ2) is 7.08. The molecular formula is C14H23N3O4S. The maximum Gasteiger partial charge on any atom is 0.253 e. The Hall–Kier alpha value is -1.64. The first-order valence-electron chi connectivity index (χ1n) is 6.74. The summed E-state index contributed by atoms with van der Waals surface area (Å²) in [5, 5.41) is 0. The van der Waals surface area contributed by atoms with Crippen LogP contribution in [0.15, 0.2) is 23.1 Å². The second-order valence-electron chi connectivity index (χ2n) is 5.15. The lowest BCUT2D eigenvalue weighted by molar-refractivity contribution is 0.0748. The predicted molar refractivity (Wildman–Crippen MR) is 84.5 cm³/mol. The van der Waals surface area contributed by atoms with Crippen molar-refractivity contribution in [2.45, 2.75) is 17.9 Å². The SMILES string of the molecule is COc1ccc(C(=O)N(C)C(C)CN)cc1S(=O)(=O)N(C)C. The van der Waals surface area contributed by atoms with Gasteiger partial charge in [-0.3, -0.25) is 4.79 Å². The van der Waals surface area contributed by atoms with Gasteiger partial charge >= 0.3 is 0 Å².